The van der Waals surface area contributed by atoms with Gasteiger partial charge in [0, 0.05) is 14.3 Å². The Morgan fingerprint density at radius 2 is 1.67 bits per heavy atom. The summed E-state index contributed by atoms with van der Waals surface area (Å²) < 4.78 is 10.2. The fourth-order valence-electron chi connectivity index (χ4n) is 2.11. The van der Waals surface area contributed by atoms with E-state index in [0.717, 1.165) is 4.90 Å². The van der Waals surface area contributed by atoms with E-state index < -0.39 is 11.9 Å². The number of rotatable bonds is 4. The Kier molecular flexibility index (Phi) is 5.90. The topological polar surface area (TPSA) is 78.6 Å². The first kappa shape index (κ1) is 18.4. The van der Waals surface area contributed by atoms with E-state index in [1.165, 1.54) is 26.0 Å². The molecule has 0 unspecified atom stereocenters. The molecule has 2 aromatic rings. The molecule has 126 valence electrons. The van der Waals surface area contributed by atoms with Crippen LogP contribution in [0.1, 0.15) is 26.3 Å². The highest BCUT2D eigenvalue weighted by Crippen LogP contribution is 2.41. The Morgan fingerprint density at radius 1 is 1.08 bits per heavy atom. The quantitative estimate of drug-likeness (QED) is 0.605. The molecule has 2 N–H and O–H groups in total. The molecular weight excluding hydrogens is 394 g/mol. The summed E-state index contributed by atoms with van der Waals surface area (Å²) in [6, 6.07) is 8.76. The van der Waals surface area contributed by atoms with E-state index in [2.05, 4.69) is 15.9 Å². The van der Waals surface area contributed by atoms with E-state index in [1.54, 1.807) is 25.1 Å². The normalized spacial score (nSPS) is 10.3. The molecule has 2 aromatic carbocycles. The van der Waals surface area contributed by atoms with Crippen molar-refractivity contribution in [2.45, 2.75) is 16.7 Å². The number of carbonyl (C=O) groups is 2. The van der Waals surface area contributed by atoms with E-state index in [1.807, 2.05) is 12.1 Å². The summed E-state index contributed by atoms with van der Waals surface area (Å²) >= 11 is 4.77. The Bertz CT molecular complexity index is 807. The number of carbonyl (C=O) groups excluding carboxylic acids is 2. The van der Waals surface area contributed by atoms with Crippen LogP contribution in [0.25, 0.3) is 0 Å². The number of nitrogens with two attached hydrogens (primary N) is 1. The highest BCUT2D eigenvalue weighted by molar-refractivity contribution is 9.10. The lowest BCUT2D eigenvalue weighted by molar-refractivity contribution is 0.0589. The van der Waals surface area contributed by atoms with Crippen molar-refractivity contribution in [2.75, 3.05) is 20.0 Å². The van der Waals surface area contributed by atoms with Crippen molar-refractivity contribution in [1.29, 1.82) is 0 Å². The average molecular weight is 410 g/mol. The zero-order chi connectivity index (χ0) is 17.9. The van der Waals surface area contributed by atoms with E-state index in [9.17, 15) is 9.59 Å². The van der Waals surface area contributed by atoms with E-state index >= 15 is 0 Å². The number of anilines is 1. The zero-order valence-corrected chi connectivity index (χ0v) is 15.8. The van der Waals surface area contributed by atoms with Crippen LogP contribution in [0.5, 0.6) is 0 Å². The summed E-state index contributed by atoms with van der Waals surface area (Å²) in [5.74, 6) is -0.873. The first-order valence-corrected chi connectivity index (χ1v) is 8.53. The van der Waals surface area contributed by atoms with Crippen LogP contribution in [0.15, 0.2) is 44.6 Å². The Morgan fingerprint density at radius 3 is 2.29 bits per heavy atom. The maximum absolute atomic E-state index is 11.9. The predicted octanol–water partition coefficient (Wildman–Crippen LogP) is 4.06. The monoisotopic (exact) mass is 409 g/mol. The lowest BCUT2D eigenvalue weighted by Crippen LogP contribution is -2.07. The maximum Gasteiger partial charge on any atom is 0.339 e. The molecule has 0 atom stereocenters. The van der Waals surface area contributed by atoms with Gasteiger partial charge < -0.3 is 15.2 Å². The third kappa shape index (κ3) is 3.57. The van der Waals surface area contributed by atoms with E-state index in [0.29, 0.717) is 31.7 Å². The molecule has 0 aliphatic rings. The second-order valence-corrected chi connectivity index (χ2v) is 6.76. The summed E-state index contributed by atoms with van der Waals surface area (Å²) in [5.41, 5.74) is 8.14. The van der Waals surface area contributed by atoms with Crippen LogP contribution < -0.4 is 5.73 Å². The number of halogens is 1. The zero-order valence-electron chi connectivity index (χ0n) is 13.4. The summed E-state index contributed by atoms with van der Waals surface area (Å²) in [6.07, 6.45) is 0. The van der Waals surface area contributed by atoms with Crippen molar-refractivity contribution in [2.24, 2.45) is 0 Å². The average Bonchev–Trinajstić information content (AvgIpc) is 2.60. The molecule has 2 rings (SSSR count). The molecule has 0 saturated heterocycles. The Labute approximate surface area is 152 Å². The van der Waals surface area contributed by atoms with Gasteiger partial charge in [-0.3, -0.25) is 0 Å². The molecule has 0 radical (unpaired) electrons. The molecule has 0 fully saturated rings. The van der Waals surface area contributed by atoms with Gasteiger partial charge in [0.25, 0.3) is 0 Å². The minimum atomic E-state index is -0.452. The largest absolute Gasteiger partial charge is 0.465 e. The fourth-order valence-corrected chi connectivity index (χ4v) is 3.85. The van der Waals surface area contributed by atoms with Crippen molar-refractivity contribution >= 4 is 45.3 Å². The first-order valence-electron chi connectivity index (χ1n) is 6.92. The summed E-state index contributed by atoms with van der Waals surface area (Å²) in [5, 5.41) is 0. The second-order valence-electron chi connectivity index (χ2n) is 4.86. The standard InChI is InChI=1S/C17H16BrNO4S/c1-9-11(17(21)23-3)8-12(18)15(14(9)19)24-13-7-5-4-6-10(13)16(20)22-2/h4-8H,19H2,1-3H3. The Hall–Kier alpha value is -1.99. The third-order valence-corrected chi connectivity index (χ3v) is 5.56. The number of ether oxygens (including phenoxy) is 2. The lowest BCUT2D eigenvalue weighted by Gasteiger charge is -2.15. The third-order valence-electron chi connectivity index (χ3n) is 3.45. The number of benzene rings is 2. The molecule has 0 aliphatic carbocycles. The van der Waals surface area contributed by atoms with Crippen LogP contribution in [0.2, 0.25) is 0 Å². The van der Waals surface area contributed by atoms with Crippen molar-refractivity contribution < 1.29 is 19.1 Å². The minimum absolute atomic E-state index is 0.396. The molecule has 0 aromatic heterocycles. The number of esters is 2. The summed E-state index contributed by atoms with van der Waals surface area (Å²) in [6.45, 7) is 1.75. The molecule has 5 nitrogen and oxygen atoms in total. The predicted molar refractivity (Wildman–Crippen MR) is 96.5 cm³/mol. The second kappa shape index (κ2) is 7.72. The number of methoxy groups -OCH3 is 2. The number of nitrogen functional groups attached to an aromatic ring is 1. The van der Waals surface area contributed by atoms with Gasteiger partial charge in [0.15, 0.2) is 0 Å². The van der Waals surface area contributed by atoms with Gasteiger partial charge in [0.05, 0.1) is 31.0 Å². The highest BCUT2D eigenvalue weighted by Gasteiger charge is 2.20. The highest BCUT2D eigenvalue weighted by atomic mass is 79.9. The molecule has 0 amide bonds. The molecule has 24 heavy (non-hydrogen) atoms. The van der Waals surface area contributed by atoms with Gasteiger partial charge in [-0.25, -0.2) is 9.59 Å². The maximum atomic E-state index is 11.9. The molecular formula is C17H16BrNO4S. The number of hydrogen-bond acceptors (Lipinski definition) is 6. The van der Waals surface area contributed by atoms with Gasteiger partial charge in [-0.1, -0.05) is 23.9 Å². The SMILES string of the molecule is COC(=O)c1ccccc1Sc1c(Br)cc(C(=O)OC)c(C)c1N. The van der Waals surface area contributed by atoms with Crippen LogP contribution in [0.4, 0.5) is 5.69 Å². The molecule has 0 saturated carbocycles. The number of hydrogen-bond donors (Lipinski definition) is 1. The van der Waals surface area contributed by atoms with Crippen LogP contribution >= 0.6 is 27.7 Å². The van der Waals surface area contributed by atoms with E-state index in [4.69, 9.17) is 15.2 Å². The van der Waals surface area contributed by atoms with Crippen molar-refractivity contribution in [3.8, 4) is 0 Å². The van der Waals surface area contributed by atoms with Gasteiger partial charge in [0.2, 0.25) is 0 Å². The van der Waals surface area contributed by atoms with Crippen LogP contribution in [-0.4, -0.2) is 26.2 Å². The Balaban J connectivity index is 2.51. The van der Waals surface area contributed by atoms with Gasteiger partial charge in [-0.2, -0.15) is 0 Å². The summed E-state index contributed by atoms with van der Waals surface area (Å²) in [7, 11) is 2.66. The molecule has 0 spiro atoms. The van der Waals surface area contributed by atoms with Gasteiger partial charge in [-0.05, 0) is 46.6 Å². The molecule has 7 heteroatoms. The summed E-state index contributed by atoms with van der Waals surface area (Å²) in [4.78, 5) is 25.2. The molecule has 0 aliphatic heterocycles. The van der Waals surface area contributed by atoms with Crippen molar-refractivity contribution in [1.82, 2.24) is 0 Å². The van der Waals surface area contributed by atoms with Crippen molar-refractivity contribution in [3.63, 3.8) is 0 Å². The fraction of sp³-hybridized carbons (Fsp3) is 0.176. The lowest BCUT2D eigenvalue weighted by atomic mass is 10.1. The molecule has 0 bridgehead atoms. The smallest absolute Gasteiger partial charge is 0.339 e. The van der Waals surface area contributed by atoms with Crippen LogP contribution in [0.3, 0.4) is 0 Å². The molecule has 0 heterocycles. The minimum Gasteiger partial charge on any atom is -0.465 e. The van der Waals surface area contributed by atoms with Gasteiger partial charge in [-0.15, -0.1) is 0 Å². The van der Waals surface area contributed by atoms with Gasteiger partial charge >= 0.3 is 11.9 Å². The van der Waals surface area contributed by atoms with Crippen LogP contribution in [0, 0.1) is 6.92 Å². The van der Waals surface area contributed by atoms with Crippen LogP contribution in [-0.2, 0) is 9.47 Å². The van der Waals surface area contributed by atoms with E-state index in [-0.39, 0.29) is 0 Å². The van der Waals surface area contributed by atoms with Crippen molar-refractivity contribution in [3.05, 3.63) is 51.5 Å². The van der Waals surface area contributed by atoms with Gasteiger partial charge in [0.1, 0.15) is 0 Å². The first-order chi connectivity index (χ1) is 11.4.